The zero-order valence-electron chi connectivity index (χ0n) is 14.7. The molecule has 7 heteroatoms. The predicted molar refractivity (Wildman–Crippen MR) is 97.4 cm³/mol. The summed E-state index contributed by atoms with van der Waals surface area (Å²) in [6, 6.07) is 4.78. The minimum Gasteiger partial charge on any atom is -0.496 e. The van der Waals surface area contributed by atoms with Crippen LogP contribution in [0.3, 0.4) is 0 Å². The Kier molecular flexibility index (Phi) is 4.91. The largest absolute Gasteiger partial charge is 0.496 e. The Morgan fingerprint density at radius 1 is 1.31 bits per heavy atom. The standard InChI is InChI=1S/C19H22FN3O2S/c1-25-18-5-3-15(20)6-14(18)8-22-7-13-2-4-17(10-22)23(19(13)24)9-16-11-26-12-21-16/h3,5-6,11-13,17H,2,4,7-10H2,1H3/t13-,17+/m0/s1. The number of methoxy groups -OCH3 is 1. The van der Waals surface area contributed by atoms with Crippen LogP contribution in [0.2, 0.25) is 0 Å². The third-order valence-electron chi connectivity index (χ3n) is 5.32. The highest BCUT2D eigenvalue weighted by molar-refractivity contribution is 7.07. The van der Waals surface area contributed by atoms with Crippen LogP contribution in [0.4, 0.5) is 4.39 Å². The number of rotatable bonds is 5. The van der Waals surface area contributed by atoms with E-state index in [0.717, 1.165) is 30.6 Å². The second kappa shape index (κ2) is 7.32. The molecule has 0 unspecified atom stereocenters. The summed E-state index contributed by atoms with van der Waals surface area (Å²) in [5, 5.41) is 2.00. The molecule has 1 aromatic heterocycles. The average Bonchev–Trinajstić information content (AvgIpc) is 3.01. The normalized spacial score (nSPS) is 23.3. The molecule has 0 spiro atoms. The number of nitrogens with zero attached hydrogens (tertiary/aromatic N) is 3. The lowest BCUT2D eigenvalue weighted by atomic mass is 9.94. The van der Waals surface area contributed by atoms with Gasteiger partial charge >= 0.3 is 0 Å². The van der Waals surface area contributed by atoms with E-state index in [4.69, 9.17) is 4.74 Å². The van der Waals surface area contributed by atoms with Gasteiger partial charge in [-0.2, -0.15) is 0 Å². The van der Waals surface area contributed by atoms with Crippen LogP contribution >= 0.6 is 11.3 Å². The van der Waals surface area contributed by atoms with E-state index in [0.29, 0.717) is 25.4 Å². The zero-order valence-corrected chi connectivity index (χ0v) is 15.5. The summed E-state index contributed by atoms with van der Waals surface area (Å²) in [5.41, 5.74) is 3.58. The highest BCUT2D eigenvalue weighted by Crippen LogP contribution is 2.32. The van der Waals surface area contributed by atoms with Crippen molar-refractivity contribution < 1.29 is 13.9 Å². The van der Waals surface area contributed by atoms with Crippen molar-refractivity contribution in [2.24, 2.45) is 5.92 Å². The maximum atomic E-state index is 13.7. The number of ether oxygens (including phenoxy) is 1. The summed E-state index contributed by atoms with van der Waals surface area (Å²) in [5.74, 6) is 0.656. The van der Waals surface area contributed by atoms with E-state index in [2.05, 4.69) is 9.88 Å². The van der Waals surface area contributed by atoms with Crippen LogP contribution in [-0.4, -0.2) is 46.9 Å². The van der Waals surface area contributed by atoms with Gasteiger partial charge in [0.05, 0.1) is 30.8 Å². The van der Waals surface area contributed by atoms with E-state index in [1.54, 1.807) is 30.0 Å². The molecule has 3 aliphatic heterocycles. The Morgan fingerprint density at radius 3 is 2.96 bits per heavy atom. The maximum absolute atomic E-state index is 13.7. The minimum atomic E-state index is -0.264. The number of hydrogen-bond donors (Lipinski definition) is 0. The van der Waals surface area contributed by atoms with Gasteiger partial charge in [-0.3, -0.25) is 9.69 Å². The first-order valence-electron chi connectivity index (χ1n) is 8.86. The minimum absolute atomic E-state index is 0.00643. The Bertz CT molecular complexity index is 783. The molecule has 138 valence electrons. The van der Waals surface area contributed by atoms with Crippen molar-refractivity contribution in [1.29, 1.82) is 0 Å². The molecule has 3 saturated heterocycles. The van der Waals surface area contributed by atoms with E-state index in [9.17, 15) is 9.18 Å². The summed E-state index contributed by atoms with van der Waals surface area (Å²) >= 11 is 1.55. The number of thiazole rings is 1. The Hall–Kier alpha value is -1.99. The fraction of sp³-hybridized carbons (Fsp3) is 0.474. The number of carbonyl (C=O) groups excluding carboxylic acids is 1. The summed E-state index contributed by atoms with van der Waals surface area (Å²) in [6.07, 6.45) is 1.94. The number of hydrogen-bond acceptors (Lipinski definition) is 5. The lowest BCUT2D eigenvalue weighted by molar-refractivity contribution is -0.140. The quantitative estimate of drug-likeness (QED) is 0.806. The number of halogens is 1. The summed E-state index contributed by atoms with van der Waals surface area (Å²) in [4.78, 5) is 21.5. The van der Waals surface area contributed by atoms with Crippen LogP contribution < -0.4 is 4.74 Å². The van der Waals surface area contributed by atoms with Crippen molar-refractivity contribution in [3.8, 4) is 5.75 Å². The van der Waals surface area contributed by atoms with Gasteiger partial charge in [0.15, 0.2) is 0 Å². The molecular formula is C19H22FN3O2S. The van der Waals surface area contributed by atoms with Crippen molar-refractivity contribution in [1.82, 2.24) is 14.8 Å². The molecule has 5 nitrogen and oxygen atoms in total. The number of aromatic nitrogens is 1. The highest BCUT2D eigenvalue weighted by atomic mass is 32.1. The average molecular weight is 375 g/mol. The molecule has 1 amide bonds. The number of piperidine rings is 1. The van der Waals surface area contributed by atoms with Crippen molar-refractivity contribution >= 4 is 17.2 Å². The van der Waals surface area contributed by atoms with Gasteiger partial charge in [-0.1, -0.05) is 0 Å². The molecule has 3 fully saturated rings. The van der Waals surface area contributed by atoms with Crippen LogP contribution in [0.5, 0.6) is 5.75 Å². The van der Waals surface area contributed by atoms with Gasteiger partial charge in [-0.25, -0.2) is 9.37 Å². The van der Waals surface area contributed by atoms with Crippen LogP contribution in [0.1, 0.15) is 24.1 Å². The van der Waals surface area contributed by atoms with Crippen LogP contribution in [0.25, 0.3) is 0 Å². The van der Waals surface area contributed by atoms with Gasteiger partial charge in [0.2, 0.25) is 5.91 Å². The third kappa shape index (κ3) is 3.46. The van der Waals surface area contributed by atoms with Crippen molar-refractivity contribution in [2.45, 2.75) is 32.0 Å². The summed E-state index contributed by atoms with van der Waals surface area (Å²) < 4.78 is 19.1. The van der Waals surface area contributed by atoms with Gasteiger partial charge in [0.25, 0.3) is 0 Å². The molecule has 3 aliphatic rings. The van der Waals surface area contributed by atoms with Crippen molar-refractivity contribution in [2.75, 3.05) is 20.2 Å². The van der Waals surface area contributed by atoms with Crippen molar-refractivity contribution in [3.63, 3.8) is 0 Å². The van der Waals surface area contributed by atoms with Gasteiger partial charge < -0.3 is 9.64 Å². The molecule has 5 rings (SSSR count). The van der Waals surface area contributed by atoms with E-state index in [-0.39, 0.29) is 23.7 Å². The lowest BCUT2D eigenvalue weighted by Gasteiger charge is -2.35. The second-order valence-corrected chi connectivity index (χ2v) is 7.74. The van der Waals surface area contributed by atoms with E-state index >= 15 is 0 Å². The van der Waals surface area contributed by atoms with E-state index < -0.39 is 0 Å². The topological polar surface area (TPSA) is 45.7 Å². The fourth-order valence-corrected chi connectivity index (χ4v) is 4.62. The maximum Gasteiger partial charge on any atom is 0.227 e. The van der Waals surface area contributed by atoms with E-state index in [1.807, 2.05) is 10.3 Å². The first kappa shape index (κ1) is 17.4. The predicted octanol–water partition coefficient (Wildman–Crippen LogP) is 2.91. The molecule has 0 radical (unpaired) electrons. The second-order valence-electron chi connectivity index (χ2n) is 7.02. The van der Waals surface area contributed by atoms with Crippen LogP contribution in [-0.2, 0) is 17.9 Å². The first-order valence-corrected chi connectivity index (χ1v) is 9.80. The Balaban J connectivity index is 1.53. The summed E-state index contributed by atoms with van der Waals surface area (Å²) in [6.45, 7) is 2.68. The molecule has 0 N–H and O–H groups in total. The zero-order chi connectivity index (χ0) is 18.1. The Labute approximate surface area is 156 Å². The highest BCUT2D eigenvalue weighted by Gasteiger charge is 2.40. The molecular weight excluding hydrogens is 353 g/mol. The monoisotopic (exact) mass is 375 g/mol. The van der Waals surface area contributed by atoms with Gasteiger partial charge in [0.1, 0.15) is 11.6 Å². The number of fused-ring (bicyclic) bond motifs is 4. The van der Waals surface area contributed by atoms with Crippen LogP contribution in [0, 0.1) is 11.7 Å². The van der Waals surface area contributed by atoms with Gasteiger partial charge in [-0.05, 0) is 31.0 Å². The smallest absolute Gasteiger partial charge is 0.227 e. The van der Waals surface area contributed by atoms with Gasteiger partial charge in [-0.15, -0.1) is 11.3 Å². The molecule has 2 aromatic rings. The molecule has 4 heterocycles. The van der Waals surface area contributed by atoms with E-state index in [1.165, 1.54) is 12.1 Å². The van der Waals surface area contributed by atoms with Gasteiger partial charge in [0, 0.05) is 36.6 Å². The number of benzene rings is 1. The third-order valence-corrected chi connectivity index (χ3v) is 5.96. The lowest BCUT2D eigenvalue weighted by Crippen LogP contribution is -2.47. The number of amides is 1. The molecule has 0 saturated carbocycles. The molecule has 2 bridgehead atoms. The van der Waals surface area contributed by atoms with Crippen LogP contribution in [0.15, 0.2) is 29.1 Å². The molecule has 0 aliphatic carbocycles. The molecule has 2 atom stereocenters. The number of carbonyl (C=O) groups is 1. The SMILES string of the molecule is COc1ccc(F)cc1CN1C[C@@H]2CC[C@H](C1)N(Cc1cscn1)C2=O. The Morgan fingerprint density at radius 2 is 2.19 bits per heavy atom. The summed E-state index contributed by atoms with van der Waals surface area (Å²) in [7, 11) is 1.60. The fourth-order valence-electron chi connectivity index (χ4n) is 4.07. The van der Waals surface area contributed by atoms with Crippen molar-refractivity contribution in [3.05, 3.63) is 46.2 Å². The molecule has 1 aromatic carbocycles. The molecule has 26 heavy (non-hydrogen) atoms. The first-order chi connectivity index (χ1) is 12.6.